The molecule has 2 aromatic heterocycles. The van der Waals surface area contributed by atoms with Crippen molar-refractivity contribution in [3.8, 4) is 11.4 Å². The van der Waals surface area contributed by atoms with Crippen LogP contribution in [0.1, 0.15) is 22.3 Å². The predicted molar refractivity (Wildman–Crippen MR) is 80.3 cm³/mol. The SMILES string of the molecule is Cc1nccnc1-c1csc(C(N)c2ccccc2)n1. The van der Waals surface area contributed by atoms with Crippen molar-refractivity contribution in [2.24, 2.45) is 5.73 Å². The molecule has 2 heterocycles. The molecule has 3 aromatic rings. The molecule has 20 heavy (non-hydrogen) atoms. The third-order valence-corrected chi connectivity index (χ3v) is 4.00. The van der Waals surface area contributed by atoms with Gasteiger partial charge in [0.1, 0.15) is 16.4 Å². The van der Waals surface area contributed by atoms with Crippen LogP contribution in [0.15, 0.2) is 48.1 Å². The summed E-state index contributed by atoms with van der Waals surface area (Å²) in [4.78, 5) is 13.2. The second-order valence-electron chi connectivity index (χ2n) is 4.45. The first-order valence-electron chi connectivity index (χ1n) is 6.29. The number of aryl methyl sites for hydroxylation is 1. The number of nitrogens with zero attached hydrogens (tertiary/aromatic N) is 3. The van der Waals surface area contributed by atoms with Crippen molar-refractivity contribution in [1.82, 2.24) is 15.0 Å². The first-order valence-corrected chi connectivity index (χ1v) is 7.17. The number of hydrogen-bond acceptors (Lipinski definition) is 5. The van der Waals surface area contributed by atoms with Crippen molar-refractivity contribution >= 4 is 11.3 Å². The van der Waals surface area contributed by atoms with Crippen LogP contribution < -0.4 is 5.73 Å². The zero-order valence-corrected chi connectivity index (χ0v) is 11.8. The van der Waals surface area contributed by atoms with E-state index in [1.807, 2.05) is 42.6 Å². The molecule has 4 nitrogen and oxygen atoms in total. The zero-order chi connectivity index (χ0) is 13.9. The van der Waals surface area contributed by atoms with E-state index >= 15 is 0 Å². The van der Waals surface area contributed by atoms with Crippen LogP contribution in [0.25, 0.3) is 11.4 Å². The van der Waals surface area contributed by atoms with Gasteiger partial charge in [-0.05, 0) is 12.5 Å². The van der Waals surface area contributed by atoms with Gasteiger partial charge in [0.15, 0.2) is 0 Å². The van der Waals surface area contributed by atoms with Crippen LogP contribution in [0.3, 0.4) is 0 Å². The smallest absolute Gasteiger partial charge is 0.115 e. The molecular formula is C15H14N4S. The topological polar surface area (TPSA) is 64.7 Å². The van der Waals surface area contributed by atoms with Crippen LogP contribution in [-0.2, 0) is 0 Å². The molecule has 0 radical (unpaired) electrons. The molecule has 100 valence electrons. The summed E-state index contributed by atoms with van der Waals surface area (Å²) in [5, 5.41) is 2.87. The largest absolute Gasteiger partial charge is 0.318 e. The predicted octanol–water partition coefficient (Wildman–Crippen LogP) is 2.96. The molecule has 5 heteroatoms. The normalized spacial score (nSPS) is 12.3. The Bertz CT molecular complexity index is 709. The van der Waals surface area contributed by atoms with E-state index in [1.54, 1.807) is 23.7 Å². The number of benzene rings is 1. The maximum Gasteiger partial charge on any atom is 0.115 e. The standard InChI is InChI=1S/C15H14N4S/c1-10-14(18-8-7-17-10)12-9-20-15(19-12)13(16)11-5-3-2-4-6-11/h2-9,13H,16H2,1H3. The molecule has 0 aliphatic heterocycles. The monoisotopic (exact) mass is 282 g/mol. The van der Waals surface area contributed by atoms with E-state index in [0.717, 1.165) is 27.7 Å². The molecule has 1 atom stereocenters. The molecule has 0 bridgehead atoms. The second-order valence-corrected chi connectivity index (χ2v) is 5.34. The Hall–Kier alpha value is -2.11. The fourth-order valence-corrected chi connectivity index (χ4v) is 2.83. The van der Waals surface area contributed by atoms with E-state index in [0.29, 0.717) is 0 Å². The summed E-state index contributed by atoms with van der Waals surface area (Å²) in [6.45, 7) is 1.93. The highest BCUT2D eigenvalue weighted by molar-refractivity contribution is 7.10. The summed E-state index contributed by atoms with van der Waals surface area (Å²) in [5.74, 6) is 0. The molecule has 0 spiro atoms. The van der Waals surface area contributed by atoms with Gasteiger partial charge in [-0.1, -0.05) is 30.3 Å². The van der Waals surface area contributed by atoms with Crippen LogP contribution in [0.2, 0.25) is 0 Å². The third-order valence-electron chi connectivity index (χ3n) is 3.07. The number of rotatable bonds is 3. The Morgan fingerprint density at radius 1 is 1.10 bits per heavy atom. The highest BCUT2D eigenvalue weighted by atomic mass is 32.1. The highest BCUT2D eigenvalue weighted by Crippen LogP contribution is 2.27. The molecule has 0 aliphatic rings. The number of nitrogens with two attached hydrogens (primary N) is 1. The van der Waals surface area contributed by atoms with Crippen LogP contribution in [0.5, 0.6) is 0 Å². The molecule has 0 aliphatic carbocycles. The lowest BCUT2D eigenvalue weighted by Crippen LogP contribution is -2.11. The molecule has 0 fully saturated rings. The summed E-state index contributed by atoms with van der Waals surface area (Å²) in [6, 6.07) is 9.77. The van der Waals surface area contributed by atoms with E-state index in [4.69, 9.17) is 5.73 Å². The molecular weight excluding hydrogens is 268 g/mol. The Balaban J connectivity index is 1.93. The molecule has 1 unspecified atom stereocenters. The van der Waals surface area contributed by atoms with Crippen LogP contribution in [0.4, 0.5) is 0 Å². The highest BCUT2D eigenvalue weighted by Gasteiger charge is 2.15. The van der Waals surface area contributed by atoms with Crippen LogP contribution >= 0.6 is 11.3 Å². The molecule has 0 saturated heterocycles. The van der Waals surface area contributed by atoms with Gasteiger partial charge in [0.05, 0.1) is 11.7 Å². The van der Waals surface area contributed by atoms with Gasteiger partial charge in [0.2, 0.25) is 0 Å². The average Bonchev–Trinajstić information content (AvgIpc) is 2.97. The summed E-state index contributed by atoms with van der Waals surface area (Å²) in [5.41, 5.74) is 9.84. The summed E-state index contributed by atoms with van der Waals surface area (Å²) < 4.78 is 0. The summed E-state index contributed by atoms with van der Waals surface area (Å²) in [6.07, 6.45) is 3.36. The Labute approximate surface area is 121 Å². The van der Waals surface area contributed by atoms with Crippen LogP contribution in [-0.4, -0.2) is 15.0 Å². The van der Waals surface area contributed by atoms with Gasteiger partial charge < -0.3 is 5.73 Å². The number of hydrogen-bond donors (Lipinski definition) is 1. The van der Waals surface area contributed by atoms with E-state index in [-0.39, 0.29) is 6.04 Å². The fourth-order valence-electron chi connectivity index (χ4n) is 2.00. The molecule has 1 aromatic carbocycles. The van der Waals surface area contributed by atoms with Gasteiger partial charge in [-0.15, -0.1) is 11.3 Å². The first-order chi connectivity index (χ1) is 9.75. The Kier molecular flexibility index (Phi) is 3.54. The van der Waals surface area contributed by atoms with Crippen molar-refractivity contribution in [3.63, 3.8) is 0 Å². The second kappa shape index (κ2) is 5.48. The van der Waals surface area contributed by atoms with Gasteiger partial charge >= 0.3 is 0 Å². The van der Waals surface area contributed by atoms with E-state index in [1.165, 1.54) is 0 Å². The third kappa shape index (κ3) is 2.45. The van der Waals surface area contributed by atoms with E-state index in [2.05, 4.69) is 15.0 Å². The summed E-state index contributed by atoms with van der Waals surface area (Å²) in [7, 11) is 0. The minimum Gasteiger partial charge on any atom is -0.318 e. The number of aromatic nitrogens is 3. The van der Waals surface area contributed by atoms with Gasteiger partial charge in [0, 0.05) is 17.8 Å². The zero-order valence-electron chi connectivity index (χ0n) is 11.0. The van der Waals surface area contributed by atoms with Crippen molar-refractivity contribution in [1.29, 1.82) is 0 Å². The lowest BCUT2D eigenvalue weighted by Gasteiger charge is -2.08. The molecule has 2 N–H and O–H groups in total. The fraction of sp³-hybridized carbons (Fsp3) is 0.133. The van der Waals surface area contributed by atoms with Gasteiger partial charge in [-0.25, -0.2) is 4.98 Å². The maximum atomic E-state index is 6.26. The van der Waals surface area contributed by atoms with Crippen molar-refractivity contribution in [2.45, 2.75) is 13.0 Å². The van der Waals surface area contributed by atoms with Gasteiger partial charge in [-0.2, -0.15) is 0 Å². The van der Waals surface area contributed by atoms with Crippen molar-refractivity contribution < 1.29 is 0 Å². The quantitative estimate of drug-likeness (QED) is 0.802. The van der Waals surface area contributed by atoms with Gasteiger partial charge in [-0.3, -0.25) is 9.97 Å². The van der Waals surface area contributed by atoms with E-state index < -0.39 is 0 Å². The molecule has 3 rings (SSSR count). The van der Waals surface area contributed by atoms with Crippen molar-refractivity contribution in [2.75, 3.05) is 0 Å². The summed E-state index contributed by atoms with van der Waals surface area (Å²) >= 11 is 1.55. The Morgan fingerprint density at radius 2 is 1.85 bits per heavy atom. The average molecular weight is 282 g/mol. The van der Waals surface area contributed by atoms with E-state index in [9.17, 15) is 0 Å². The van der Waals surface area contributed by atoms with Crippen LogP contribution in [0, 0.1) is 6.92 Å². The molecule has 0 amide bonds. The Morgan fingerprint density at radius 3 is 2.60 bits per heavy atom. The van der Waals surface area contributed by atoms with Gasteiger partial charge in [0.25, 0.3) is 0 Å². The minimum absolute atomic E-state index is 0.202. The lowest BCUT2D eigenvalue weighted by atomic mass is 10.1. The van der Waals surface area contributed by atoms with Crippen molar-refractivity contribution in [3.05, 3.63) is 64.4 Å². The minimum atomic E-state index is -0.202. The first kappa shape index (κ1) is 12.9. The maximum absolute atomic E-state index is 6.26. The molecule has 0 saturated carbocycles. The number of thiazole rings is 1. The lowest BCUT2D eigenvalue weighted by molar-refractivity contribution is 0.858.